The molecule has 6 nitrogen and oxygen atoms in total. The molecule has 0 spiro atoms. The van der Waals surface area contributed by atoms with E-state index in [1.807, 2.05) is 59.4 Å². The topological polar surface area (TPSA) is 76.0 Å². The van der Waals surface area contributed by atoms with Crippen LogP contribution in [0.2, 0.25) is 0 Å². The van der Waals surface area contributed by atoms with E-state index in [1.54, 1.807) is 43.6 Å². The van der Waals surface area contributed by atoms with Gasteiger partial charge in [-0.2, -0.15) is 5.10 Å². The highest BCUT2D eigenvalue weighted by Crippen LogP contribution is 2.25. The number of hydrogen-bond acceptors (Lipinski definition) is 3. The molecule has 154 valence electrons. The SMILES string of the molecule is CNC(=O)c1ccc(NC(=O)c2ccccc2-c2ccc(Cn3cccn3)cc2)cc1. The van der Waals surface area contributed by atoms with E-state index in [1.165, 1.54) is 0 Å². The molecule has 0 aliphatic carbocycles. The van der Waals surface area contributed by atoms with E-state index in [9.17, 15) is 9.59 Å². The van der Waals surface area contributed by atoms with Crippen LogP contribution in [0.5, 0.6) is 0 Å². The van der Waals surface area contributed by atoms with Gasteiger partial charge in [0.1, 0.15) is 0 Å². The normalized spacial score (nSPS) is 10.5. The highest BCUT2D eigenvalue weighted by atomic mass is 16.2. The van der Waals surface area contributed by atoms with Crippen LogP contribution in [0.15, 0.2) is 91.3 Å². The Hall–Kier alpha value is -4.19. The standard InChI is InChI=1S/C25H22N4O2/c1-26-24(30)20-11-13-21(14-12-20)28-25(31)23-6-3-2-5-22(23)19-9-7-18(8-10-19)17-29-16-4-15-27-29/h2-16H,17H2,1H3,(H,26,30)(H,28,31). The summed E-state index contributed by atoms with van der Waals surface area (Å²) in [4.78, 5) is 24.6. The zero-order valence-corrected chi connectivity index (χ0v) is 17.1. The molecule has 0 unspecified atom stereocenters. The minimum absolute atomic E-state index is 0.167. The molecule has 0 fully saturated rings. The summed E-state index contributed by atoms with van der Waals surface area (Å²) in [5, 5.41) is 9.72. The third-order valence-electron chi connectivity index (χ3n) is 4.97. The van der Waals surface area contributed by atoms with Gasteiger partial charge in [0.15, 0.2) is 0 Å². The fourth-order valence-corrected chi connectivity index (χ4v) is 3.35. The Balaban J connectivity index is 1.52. The average molecular weight is 410 g/mol. The number of hydrogen-bond donors (Lipinski definition) is 2. The Morgan fingerprint density at radius 1 is 0.871 bits per heavy atom. The van der Waals surface area contributed by atoms with Crippen molar-refractivity contribution in [2.24, 2.45) is 0 Å². The van der Waals surface area contributed by atoms with Gasteiger partial charge in [-0.25, -0.2) is 0 Å². The number of rotatable bonds is 6. The van der Waals surface area contributed by atoms with E-state index < -0.39 is 0 Å². The molecule has 1 heterocycles. The summed E-state index contributed by atoms with van der Waals surface area (Å²) < 4.78 is 1.87. The van der Waals surface area contributed by atoms with Gasteiger partial charge in [0.05, 0.1) is 6.54 Å². The van der Waals surface area contributed by atoms with Crippen LogP contribution < -0.4 is 10.6 Å². The molecule has 0 radical (unpaired) electrons. The molecular formula is C25H22N4O2. The van der Waals surface area contributed by atoms with Crippen molar-refractivity contribution in [3.8, 4) is 11.1 Å². The summed E-state index contributed by atoms with van der Waals surface area (Å²) in [6.07, 6.45) is 3.68. The summed E-state index contributed by atoms with van der Waals surface area (Å²) in [5.41, 5.74) is 4.69. The van der Waals surface area contributed by atoms with Gasteiger partial charge in [0.25, 0.3) is 11.8 Å². The Morgan fingerprint density at radius 2 is 1.61 bits per heavy atom. The molecule has 31 heavy (non-hydrogen) atoms. The molecule has 3 aromatic carbocycles. The fourth-order valence-electron chi connectivity index (χ4n) is 3.35. The second-order valence-corrected chi connectivity index (χ2v) is 7.06. The van der Waals surface area contributed by atoms with Crippen molar-refractivity contribution >= 4 is 17.5 Å². The lowest BCUT2D eigenvalue weighted by atomic mass is 9.98. The maximum absolute atomic E-state index is 13.0. The van der Waals surface area contributed by atoms with Crippen LogP contribution in [0.1, 0.15) is 26.3 Å². The molecule has 0 aliphatic rings. The van der Waals surface area contributed by atoms with Crippen molar-refractivity contribution in [2.75, 3.05) is 12.4 Å². The Kier molecular flexibility index (Phi) is 5.89. The lowest BCUT2D eigenvalue weighted by Crippen LogP contribution is -2.18. The summed E-state index contributed by atoms with van der Waals surface area (Å²) in [6.45, 7) is 0.696. The number of carbonyl (C=O) groups excluding carboxylic acids is 2. The van der Waals surface area contributed by atoms with Gasteiger partial charge in [-0.1, -0.05) is 42.5 Å². The van der Waals surface area contributed by atoms with Crippen molar-refractivity contribution in [2.45, 2.75) is 6.54 Å². The van der Waals surface area contributed by atoms with E-state index in [0.717, 1.165) is 16.7 Å². The quantitative estimate of drug-likeness (QED) is 0.500. The third-order valence-corrected chi connectivity index (χ3v) is 4.97. The number of aromatic nitrogens is 2. The first-order valence-electron chi connectivity index (χ1n) is 9.93. The van der Waals surface area contributed by atoms with Crippen molar-refractivity contribution < 1.29 is 9.59 Å². The van der Waals surface area contributed by atoms with Crippen LogP contribution in [0.3, 0.4) is 0 Å². The second-order valence-electron chi connectivity index (χ2n) is 7.06. The molecule has 0 saturated heterocycles. The monoisotopic (exact) mass is 410 g/mol. The average Bonchev–Trinajstić information content (AvgIpc) is 3.32. The zero-order valence-electron chi connectivity index (χ0n) is 17.1. The molecule has 0 bridgehead atoms. The minimum Gasteiger partial charge on any atom is -0.355 e. The number of benzene rings is 3. The van der Waals surface area contributed by atoms with Crippen LogP contribution in [0.4, 0.5) is 5.69 Å². The van der Waals surface area contributed by atoms with Gasteiger partial charge >= 0.3 is 0 Å². The van der Waals surface area contributed by atoms with Crippen molar-refractivity contribution in [3.05, 3.63) is 108 Å². The molecule has 0 atom stereocenters. The molecule has 2 N–H and O–H groups in total. The van der Waals surface area contributed by atoms with Crippen LogP contribution in [-0.4, -0.2) is 28.6 Å². The largest absolute Gasteiger partial charge is 0.355 e. The summed E-state index contributed by atoms with van der Waals surface area (Å²) >= 11 is 0. The van der Waals surface area contributed by atoms with E-state index >= 15 is 0 Å². The number of anilines is 1. The van der Waals surface area contributed by atoms with Gasteiger partial charge in [0, 0.05) is 36.3 Å². The van der Waals surface area contributed by atoms with Gasteiger partial charge < -0.3 is 10.6 Å². The Bertz CT molecular complexity index is 1180. The lowest BCUT2D eigenvalue weighted by Gasteiger charge is -2.12. The van der Waals surface area contributed by atoms with Crippen molar-refractivity contribution in [1.29, 1.82) is 0 Å². The molecule has 4 aromatic rings. The molecule has 1 aromatic heterocycles. The molecular weight excluding hydrogens is 388 g/mol. The number of carbonyl (C=O) groups is 2. The molecule has 6 heteroatoms. The van der Waals surface area contributed by atoms with Crippen LogP contribution in [0.25, 0.3) is 11.1 Å². The van der Waals surface area contributed by atoms with E-state index in [0.29, 0.717) is 23.4 Å². The van der Waals surface area contributed by atoms with E-state index in [2.05, 4.69) is 15.7 Å². The van der Waals surface area contributed by atoms with Gasteiger partial charge in [-0.15, -0.1) is 0 Å². The zero-order chi connectivity index (χ0) is 21.6. The Morgan fingerprint density at radius 3 is 2.29 bits per heavy atom. The van der Waals surface area contributed by atoms with Gasteiger partial charge in [-0.05, 0) is 53.1 Å². The third kappa shape index (κ3) is 4.70. The second kappa shape index (κ2) is 9.09. The van der Waals surface area contributed by atoms with Gasteiger partial charge in [0.2, 0.25) is 0 Å². The molecule has 0 aliphatic heterocycles. The van der Waals surface area contributed by atoms with Crippen LogP contribution >= 0.6 is 0 Å². The van der Waals surface area contributed by atoms with Crippen molar-refractivity contribution in [3.63, 3.8) is 0 Å². The number of nitrogens with zero attached hydrogens (tertiary/aromatic N) is 2. The smallest absolute Gasteiger partial charge is 0.256 e. The summed E-state index contributed by atoms with van der Waals surface area (Å²) in [7, 11) is 1.58. The van der Waals surface area contributed by atoms with Gasteiger partial charge in [-0.3, -0.25) is 14.3 Å². The van der Waals surface area contributed by atoms with Crippen LogP contribution in [-0.2, 0) is 6.54 Å². The minimum atomic E-state index is -0.205. The predicted molar refractivity (Wildman–Crippen MR) is 121 cm³/mol. The highest BCUT2D eigenvalue weighted by molar-refractivity contribution is 6.08. The summed E-state index contributed by atoms with van der Waals surface area (Å²) in [5.74, 6) is -0.372. The lowest BCUT2D eigenvalue weighted by molar-refractivity contribution is 0.0962. The first-order chi connectivity index (χ1) is 15.1. The summed E-state index contributed by atoms with van der Waals surface area (Å²) in [6, 6.07) is 24.3. The number of amides is 2. The van der Waals surface area contributed by atoms with Crippen LogP contribution in [0, 0.1) is 0 Å². The molecule has 0 saturated carbocycles. The first-order valence-corrected chi connectivity index (χ1v) is 9.93. The molecule has 4 rings (SSSR count). The van der Waals surface area contributed by atoms with E-state index in [-0.39, 0.29) is 11.8 Å². The Labute approximate surface area is 180 Å². The molecule has 2 amide bonds. The highest BCUT2D eigenvalue weighted by Gasteiger charge is 2.13. The fraction of sp³-hybridized carbons (Fsp3) is 0.0800. The van der Waals surface area contributed by atoms with Crippen molar-refractivity contribution in [1.82, 2.24) is 15.1 Å². The van der Waals surface area contributed by atoms with E-state index in [4.69, 9.17) is 0 Å². The maximum atomic E-state index is 13.0. The maximum Gasteiger partial charge on any atom is 0.256 e. The predicted octanol–water partition coefficient (Wildman–Crippen LogP) is 4.21. The first kappa shape index (κ1) is 20.1. The number of nitrogens with one attached hydrogen (secondary N) is 2.